The number of rotatable bonds is 3. The summed E-state index contributed by atoms with van der Waals surface area (Å²) in [6.45, 7) is 4.03. The fourth-order valence-electron chi connectivity index (χ4n) is 2.28. The van der Waals surface area contributed by atoms with Crippen molar-refractivity contribution in [3.05, 3.63) is 29.3 Å². The molecule has 0 radical (unpaired) electrons. The monoisotopic (exact) mass is 218 g/mol. The van der Waals surface area contributed by atoms with E-state index in [0.717, 1.165) is 24.1 Å². The summed E-state index contributed by atoms with van der Waals surface area (Å²) >= 11 is 0. The number of nitrogens with one attached hydrogen (secondary N) is 1. The zero-order valence-electron chi connectivity index (χ0n) is 9.79. The molecule has 0 fully saturated rings. The van der Waals surface area contributed by atoms with Crippen LogP contribution in [0.4, 0.5) is 5.69 Å². The molecule has 1 aromatic rings. The highest BCUT2D eigenvalue weighted by molar-refractivity contribution is 6.02. The summed E-state index contributed by atoms with van der Waals surface area (Å²) in [4.78, 5) is 11.7. The van der Waals surface area contributed by atoms with Crippen LogP contribution in [0.15, 0.2) is 18.2 Å². The molecule has 0 saturated heterocycles. The van der Waals surface area contributed by atoms with Gasteiger partial charge in [0.05, 0.1) is 5.92 Å². The molecule has 0 aliphatic carbocycles. The Morgan fingerprint density at radius 2 is 2.25 bits per heavy atom. The lowest BCUT2D eigenvalue weighted by Gasteiger charge is -2.09. The average molecular weight is 218 g/mol. The molecular weight excluding hydrogens is 200 g/mol. The van der Waals surface area contributed by atoms with Crippen LogP contribution in [0.1, 0.15) is 37.3 Å². The maximum Gasteiger partial charge on any atom is 0.231 e. The van der Waals surface area contributed by atoms with E-state index in [4.69, 9.17) is 5.73 Å². The molecule has 1 aliphatic heterocycles. The smallest absolute Gasteiger partial charge is 0.231 e. The topological polar surface area (TPSA) is 55.1 Å². The van der Waals surface area contributed by atoms with Crippen molar-refractivity contribution in [1.29, 1.82) is 0 Å². The Bertz CT molecular complexity index is 412. The minimum atomic E-state index is 0.0167. The number of nitrogens with two attached hydrogens (primary N) is 1. The lowest BCUT2D eigenvalue weighted by Crippen LogP contribution is -2.17. The Kier molecular flexibility index (Phi) is 2.97. The molecule has 3 heteroatoms. The standard InChI is InChI=1S/C13H18N2O/c1-3-10-11-7-9(6-8(2)14)4-5-12(11)15-13(10)16/h4-5,7-8,10H,3,6,14H2,1-2H3,(H,15,16). The summed E-state index contributed by atoms with van der Waals surface area (Å²) in [6, 6.07) is 6.30. The van der Waals surface area contributed by atoms with E-state index < -0.39 is 0 Å². The van der Waals surface area contributed by atoms with Gasteiger partial charge in [0, 0.05) is 11.7 Å². The van der Waals surface area contributed by atoms with Gasteiger partial charge in [0.25, 0.3) is 0 Å². The highest BCUT2D eigenvalue weighted by Crippen LogP contribution is 2.35. The van der Waals surface area contributed by atoms with E-state index >= 15 is 0 Å². The number of carbonyl (C=O) groups excluding carboxylic acids is 1. The number of anilines is 1. The molecule has 1 aliphatic rings. The zero-order chi connectivity index (χ0) is 11.7. The Morgan fingerprint density at radius 3 is 2.88 bits per heavy atom. The molecular formula is C13H18N2O. The largest absolute Gasteiger partial charge is 0.328 e. The van der Waals surface area contributed by atoms with Crippen LogP contribution in [0.2, 0.25) is 0 Å². The van der Waals surface area contributed by atoms with Crippen molar-refractivity contribution in [1.82, 2.24) is 0 Å². The minimum absolute atomic E-state index is 0.0167. The number of hydrogen-bond acceptors (Lipinski definition) is 2. The van der Waals surface area contributed by atoms with Crippen LogP contribution in [0, 0.1) is 0 Å². The Labute approximate surface area is 96.0 Å². The van der Waals surface area contributed by atoms with Gasteiger partial charge in [-0.3, -0.25) is 4.79 Å². The van der Waals surface area contributed by atoms with Gasteiger partial charge in [0.1, 0.15) is 0 Å². The van der Waals surface area contributed by atoms with E-state index in [2.05, 4.69) is 11.4 Å². The normalized spacial score (nSPS) is 20.4. The van der Waals surface area contributed by atoms with E-state index in [9.17, 15) is 4.79 Å². The van der Waals surface area contributed by atoms with E-state index in [1.54, 1.807) is 0 Å². The predicted molar refractivity (Wildman–Crippen MR) is 65.5 cm³/mol. The molecule has 0 saturated carbocycles. The predicted octanol–water partition coefficient (Wildman–Crippen LogP) is 2.02. The fraction of sp³-hybridized carbons (Fsp3) is 0.462. The molecule has 1 amide bonds. The van der Waals surface area contributed by atoms with Gasteiger partial charge in [-0.25, -0.2) is 0 Å². The van der Waals surface area contributed by atoms with Crippen molar-refractivity contribution < 1.29 is 4.79 Å². The van der Waals surface area contributed by atoms with Crippen LogP contribution in [0.25, 0.3) is 0 Å². The number of fused-ring (bicyclic) bond motifs is 1. The first-order valence-electron chi connectivity index (χ1n) is 5.81. The van der Waals surface area contributed by atoms with Crippen molar-refractivity contribution >= 4 is 11.6 Å². The van der Waals surface area contributed by atoms with Crippen molar-refractivity contribution in [2.45, 2.75) is 38.6 Å². The van der Waals surface area contributed by atoms with Crippen LogP contribution in [-0.2, 0) is 11.2 Å². The van der Waals surface area contributed by atoms with Crippen molar-refractivity contribution in [2.75, 3.05) is 5.32 Å². The third-order valence-corrected chi connectivity index (χ3v) is 3.03. The molecule has 0 aromatic heterocycles. The van der Waals surface area contributed by atoms with Gasteiger partial charge in [-0.1, -0.05) is 19.1 Å². The Morgan fingerprint density at radius 1 is 1.50 bits per heavy atom. The van der Waals surface area contributed by atoms with Crippen LogP contribution in [0.3, 0.4) is 0 Å². The molecule has 2 unspecified atom stereocenters. The molecule has 3 N–H and O–H groups in total. The summed E-state index contributed by atoms with van der Waals surface area (Å²) in [5.74, 6) is 0.137. The maximum absolute atomic E-state index is 11.7. The molecule has 86 valence electrons. The van der Waals surface area contributed by atoms with E-state index in [1.807, 2.05) is 26.0 Å². The van der Waals surface area contributed by atoms with Gasteiger partial charge in [0.15, 0.2) is 0 Å². The lowest BCUT2D eigenvalue weighted by atomic mass is 9.95. The fourth-order valence-corrected chi connectivity index (χ4v) is 2.28. The van der Waals surface area contributed by atoms with E-state index in [1.165, 1.54) is 5.56 Å². The minimum Gasteiger partial charge on any atom is -0.328 e. The zero-order valence-corrected chi connectivity index (χ0v) is 9.79. The number of carbonyl (C=O) groups is 1. The first-order chi connectivity index (χ1) is 7.61. The highest BCUT2D eigenvalue weighted by atomic mass is 16.2. The van der Waals surface area contributed by atoms with Crippen LogP contribution >= 0.6 is 0 Å². The van der Waals surface area contributed by atoms with Crippen molar-refractivity contribution in [3.63, 3.8) is 0 Å². The molecule has 2 rings (SSSR count). The average Bonchev–Trinajstić information content (AvgIpc) is 2.52. The van der Waals surface area contributed by atoms with Gasteiger partial charge >= 0.3 is 0 Å². The molecule has 16 heavy (non-hydrogen) atoms. The number of hydrogen-bond donors (Lipinski definition) is 2. The summed E-state index contributed by atoms with van der Waals surface area (Å²) in [7, 11) is 0. The molecule has 0 bridgehead atoms. The van der Waals surface area contributed by atoms with Crippen molar-refractivity contribution in [3.8, 4) is 0 Å². The van der Waals surface area contributed by atoms with Gasteiger partial charge in [-0.15, -0.1) is 0 Å². The first-order valence-corrected chi connectivity index (χ1v) is 5.81. The van der Waals surface area contributed by atoms with Crippen LogP contribution in [0.5, 0.6) is 0 Å². The van der Waals surface area contributed by atoms with Crippen molar-refractivity contribution in [2.24, 2.45) is 5.73 Å². The number of amides is 1. The second kappa shape index (κ2) is 4.26. The van der Waals surface area contributed by atoms with Crippen LogP contribution in [-0.4, -0.2) is 11.9 Å². The van der Waals surface area contributed by atoms with E-state index in [-0.39, 0.29) is 17.9 Å². The molecule has 0 spiro atoms. The van der Waals surface area contributed by atoms with Gasteiger partial charge in [-0.05, 0) is 37.0 Å². The van der Waals surface area contributed by atoms with Crippen LogP contribution < -0.4 is 11.1 Å². The SMILES string of the molecule is CCC1C(=O)Nc2ccc(CC(C)N)cc21. The van der Waals surface area contributed by atoms with Gasteiger partial charge < -0.3 is 11.1 Å². The number of benzene rings is 1. The molecule has 2 atom stereocenters. The highest BCUT2D eigenvalue weighted by Gasteiger charge is 2.28. The summed E-state index contributed by atoms with van der Waals surface area (Å²) < 4.78 is 0. The van der Waals surface area contributed by atoms with E-state index in [0.29, 0.717) is 0 Å². The summed E-state index contributed by atoms with van der Waals surface area (Å²) in [6.07, 6.45) is 1.71. The Balaban J connectivity index is 2.32. The Hall–Kier alpha value is -1.35. The summed E-state index contributed by atoms with van der Waals surface area (Å²) in [5, 5.41) is 2.91. The molecule has 1 heterocycles. The van der Waals surface area contributed by atoms with Gasteiger partial charge in [0.2, 0.25) is 5.91 Å². The maximum atomic E-state index is 11.7. The molecule has 1 aromatic carbocycles. The third-order valence-electron chi connectivity index (χ3n) is 3.03. The summed E-state index contributed by atoms with van der Waals surface area (Å²) in [5.41, 5.74) is 9.09. The lowest BCUT2D eigenvalue weighted by molar-refractivity contribution is -0.117. The molecule has 3 nitrogen and oxygen atoms in total. The quantitative estimate of drug-likeness (QED) is 0.815. The second-order valence-corrected chi connectivity index (χ2v) is 4.55. The first kappa shape index (κ1) is 11.1. The van der Waals surface area contributed by atoms with Gasteiger partial charge in [-0.2, -0.15) is 0 Å². The third kappa shape index (κ3) is 1.95. The second-order valence-electron chi connectivity index (χ2n) is 4.55.